The summed E-state index contributed by atoms with van der Waals surface area (Å²) in [5.41, 5.74) is -3.42. The molecule has 1 saturated heterocycles. The van der Waals surface area contributed by atoms with Crippen molar-refractivity contribution in [3.05, 3.63) is 51.9 Å². The Hall–Kier alpha value is -3.43. The molecule has 47 heavy (non-hydrogen) atoms. The Bertz CT molecular complexity index is 1720. The van der Waals surface area contributed by atoms with Gasteiger partial charge in [-0.2, -0.15) is 18.2 Å². The number of rotatable bonds is 6. The molecule has 15 heteroatoms. The van der Waals surface area contributed by atoms with Crippen molar-refractivity contribution in [3.8, 4) is 11.1 Å². The van der Waals surface area contributed by atoms with Crippen LogP contribution in [0.25, 0.3) is 22.0 Å². The molecular weight excluding hydrogens is 647 g/mol. The number of aromatic nitrogens is 2. The van der Waals surface area contributed by atoms with Gasteiger partial charge in [0.1, 0.15) is 23.1 Å². The first-order valence-electron chi connectivity index (χ1n) is 15.1. The number of piperazine rings is 1. The molecule has 256 valence electrons. The van der Waals surface area contributed by atoms with Crippen LogP contribution in [0.5, 0.6) is 0 Å². The fourth-order valence-corrected chi connectivity index (χ4v) is 7.40. The van der Waals surface area contributed by atoms with Crippen LogP contribution >= 0.6 is 11.8 Å². The lowest BCUT2D eigenvalue weighted by Gasteiger charge is -2.45. The highest BCUT2D eigenvalue weighted by Crippen LogP contribution is 2.49. The molecule has 0 bridgehead atoms. The van der Waals surface area contributed by atoms with Crippen LogP contribution in [0.3, 0.4) is 0 Å². The van der Waals surface area contributed by atoms with Crippen molar-refractivity contribution >= 4 is 34.6 Å². The number of carbonyl (C=O) groups is 1. The number of benzene rings is 2. The summed E-state index contributed by atoms with van der Waals surface area (Å²) in [4.78, 5) is 34.4. The summed E-state index contributed by atoms with van der Waals surface area (Å²) in [6.45, 7) is 9.52. The fourth-order valence-electron chi connectivity index (χ4n) is 6.13. The van der Waals surface area contributed by atoms with Crippen LogP contribution in [0.1, 0.15) is 40.2 Å². The Morgan fingerprint density at radius 2 is 1.72 bits per heavy atom. The third-order valence-corrected chi connectivity index (χ3v) is 9.19. The predicted octanol–water partition coefficient (Wildman–Crippen LogP) is 6.33. The Kier molecular flexibility index (Phi) is 9.82. The van der Waals surface area contributed by atoms with E-state index in [2.05, 4.69) is 4.98 Å². The first-order chi connectivity index (χ1) is 22.0. The second kappa shape index (κ2) is 13.2. The van der Waals surface area contributed by atoms with E-state index in [4.69, 9.17) is 14.2 Å². The molecule has 9 nitrogen and oxygen atoms in total. The van der Waals surface area contributed by atoms with E-state index in [0.717, 1.165) is 30.0 Å². The topological polar surface area (TPSA) is 86.1 Å². The highest BCUT2D eigenvalue weighted by Gasteiger charge is 2.41. The summed E-state index contributed by atoms with van der Waals surface area (Å²) in [5, 5.41) is 0.0355. The van der Waals surface area contributed by atoms with Gasteiger partial charge < -0.3 is 19.1 Å². The van der Waals surface area contributed by atoms with E-state index in [1.807, 2.05) is 0 Å². The minimum atomic E-state index is -4.96. The third-order valence-electron chi connectivity index (χ3n) is 7.97. The van der Waals surface area contributed by atoms with Gasteiger partial charge >= 0.3 is 18.0 Å². The van der Waals surface area contributed by atoms with Gasteiger partial charge in [-0.3, -0.25) is 9.47 Å². The first kappa shape index (κ1) is 34.9. The Labute approximate surface area is 273 Å². The standard InChI is InChI=1S/C32H37F5N4O5S/c1-17-13-39(14-18(2)41(17)30(43)46-31(3,4)5)28-22-12-23(32(35,36)37)25(21-8-7-19(33)11-24(21)34)27-26(22)40(29(42)38-28)15-20(16-47-27)45-10-9-44-6/h7-8,11-12,17-18,20H,9-10,13-16H2,1-6H3. The van der Waals surface area contributed by atoms with E-state index >= 15 is 4.39 Å². The van der Waals surface area contributed by atoms with Gasteiger partial charge in [0.2, 0.25) is 0 Å². The van der Waals surface area contributed by atoms with E-state index in [9.17, 15) is 27.2 Å². The number of anilines is 1. The molecule has 0 spiro atoms. The summed E-state index contributed by atoms with van der Waals surface area (Å²) >= 11 is 1.01. The SMILES string of the molecule is COCCOC1CSc2c(-c3ccc(F)cc3F)c(C(F)(F)F)cc3c(N4CC(C)N(C(=O)OC(C)(C)C)C(C)C4)nc(=O)n(c23)C1. The van der Waals surface area contributed by atoms with E-state index in [1.54, 1.807) is 44.4 Å². The summed E-state index contributed by atoms with van der Waals surface area (Å²) < 4.78 is 91.8. The number of thioether (sulfide) groups is 1. The molecule has 0 radical (unpaired) electrons. The minimum Gasteiger partial charge on any atom is -0.444 e. The maximum Gasteiger partial charge on any atom is 0.417 e. The fraction of sp³-hybridized carbons (Fsp3) is 0.531. The third kappa shape index (κ3) is 7.21. The number of nitrogens with zero attached hydrogens (tertiary/aromatic N) is 4. The van der Waals surface area contributed by atoms with Crippen LogP contribution in [0, 0.1) is 11.6 Å². The molecule has 1 amide bonds. The molecule has 2 aliphatic heterocycles. The van der Waals surface area contributed by atoms with Crippen LogP contribution in [0.4, 0.5) is 32.6 Å². The van der Waals surface area contributed by atoms with Crippen LogP contribution in [-0.4, -0.2) is 83.5 Å². The Balaban J connectivity index is 1.72. The molecule has 0 saturated carbocycles. The molecule has 2 aliphatic rings. The average molecular weight is 685 g/mol. The largest absolute Gasteiger partial charge is 0.444 e. The summed E-state index contributed by atoms with van der Waals surface area (Å²) in [6.07, 6.45) is -6.11. The van der Waals surface area contributed by atoms with Gasteiger partial charge in [-0.1, -0.05) is 0 Å². The zero-order valence-corrected chi connectivity index (χ0v) is 27.7. The minimum absolute atomic E-state index is 0.00686. The van der Waals surface area contributed by atoms with Gasteiger partial charge in [0, 0.05) is 53.4 Å². The molecule has 1 aromatic heterocycles. The number of alkyl halides is 3. The van der Waals surface area contributed by atoms with Crippen molar-refractivity contribution in [1.82, 2.24) is 14.5 Å². The molecular formula is C32H37F5N4O5S. The molecule has 5 rings (SSSR count). The number of hydrogen-bond acceptors (Lipinski definition) is 8. The number of methoxy groups -OCH3 is 1. The molecule has 1 fully saturated rings. The van der Waals surface area contributed by atoms with Crippen molar-refractivity contribution in [1.29, 1.82) is 0 Å². The normalized spacial score (nSPS) is 20.4. The first-order valence-corrected chi connectivity index (χ1v) is 16.1. The van der Waals surface area contributed by atoms with Crippen molar-refractivity contribution in [2.24, 2.45) is 0 Å². The summed E-state index contributed by atoms with van der Waals surface area (Å²) in [6, 6.07) is 2.38. The van der Waals surface area contributed by atoms with Gasteiger partial charge in [-0.25, -0.2) is 18.4 Å². The summed E-state index contributed by atoms with van der Waals surface area (Å²) in [5.74, 6) is -1.97. The van der Waals surface area contributed by atoms with Gasteiger partial charge in [-0.15, -0.1) is 11.8 Å². The van der Waals surface area contributed by atoms with E-state index in [0.29, 0.717) is 6.07 Å². The molecule has 3 heterocycles. The number of carbonyl (C=O) groups excluding carboxylic acids is 1. The number of ether oxygens (including phenoxy) is 3. The molecule has 0 aliphatic carbocycles. The Morgan fingerprint density at radius 1 is 1.04 bits per heavy atom. The van der Waals surface area contributed by atoms with Crippen molar-refractivity contribution in [2.45, 2.75) is 76.0 Å². The quantitative estimate of drug-likeness (QED) is 0.220. The van der Waals surface area contributed by atoms with Gasteiger partial charge in [0.25, 0.3) is 0 Å². The Morgan fingerprint density at radius 3 is 2.32 bits per heavy atom. The monoisotopic (exact) mass is 684 g/mol. The van der Waals surface area contributed by atoms with Gasteiger partial charge in [0.05, 0.1) is 49.0 Å². The van der Waals surface area contributed by atoms with Crippen LogP contribution in [0.2, 0.25) is 0 Å². The van der Waals surface area contributed by atoms with Crippen molar-refractivity contribution in [2.75, 3.05) is 44.1 Å². The lowest BCUT2D eigenvalue weighted by molar-refractivity contribution is -0.137. The molecule has 3 atom stereocenters. The molecule has 3 aromatic rings. The molecule has 3 unspecified atom stereocenters. The highest BCUT2D eigenvalue weighted by atomic mass is 32.2. The van der Waals surface area contributed by atoms with Gasteiger partial charge in [-0.05, 0) is 52.8 Å². The lowest BCUT2D eigenvalue weighted by atomic mass is 9.95. The van der Waals surface area contributed by atoms with Crippen LogP contribution in [-0.2, 0) is 26.9 Å². The number of halogens is 5. The van der Waals surface area contributed by atoms with Gasteiger partial charge in [0.15, 0.2) is 0 Å². The van der Waals surface area contributed by atoms with E-state index in [1.165, 1.54) is 11.7 Å². The summed E-state index contributed by atoms with van der Waals surface area (Å²) in [7, 11) is 1.50. The maximum atomic E-state index is 15.3. The highest BCUT2D eigenvalue weighted by molar-refractivity contribution is 7.99. The number of hydrogen-bond donors (Lipinski definition) is 0. The predicted molar refractivity (Wildman–Crippen MR) is 168 cm³/mol. The van der Waals surface area contributed by atoms with Crippen molar-refractivity contribution in [3.63, 3.8) is 0 Å². The molecule has 2 aromatic carbocycles. The second-order valence-corrected chi connectivity index (χ2v) is 13.8. The van der Waals surface area contributed by atoms with Crippen molar-refractivity contribution < 1.29 is 41.0 Å². The maximum absolute atomic E-state index is 15.3. The number of amides is 1. The van der Waals surface area contributed by atoms with Crippen LogP contribution < -0.4 is 10.6 Å². The molecule has 0 N–H and O–H groups in total. The smallest absolute Gasteiger partial charge is 0.417 e. The zero-order valence-electron chi connectivity index (χ0n) is 26.9. The lowest BCUT2D eigenvalue weighted by Crippen LogP contribution is -2.59. The zero-order chi connectivity index (χ0) is 34.4. The van der Waals surface area contributed by atoms with E-state index < -0.39 is 70.1 Å². The second-order valence-electron chi connectivity index (χ2n) is 12.8. The average Bonchev–Trinajstić information content (AvgIpc) is 3.14. The van der Waals surface area contributed by atoms with Crippen LogP contribution in [0.15, 0.2) is 34.0 Å². The van der Waals surface area contributed by atoms with E-state index in [-0.39, 0.29) is 60.2 Å².